The van der Waals surface area contributed by atoms with Crippen LogP contribution in [0.1, 0.15) is 25.7 Å². The van der Waals surface area contributed by atoms with Gasteiger partial charge in [0, 0.05) is 39.0 Å². The Balaban J connectivity index is 4.11. The quantitative estimate of drug-likeness (QED) is 0.457. The predicted octanol–water partition coefficient (Wildman–Crippen LogP) is 3.50. The van der Waals surface area contributed by atoms with Crippen LogP contribution < -0.4 is 0 Å². The second kappa shape index (κ2) is 14.2. The molecule has 0 aromatic heterocycles. The molecule has 4 heteroatoms. The fourth-order valence-corrected chi connectivity index (χ4v) is 2.15. The van der Waals surface area contributed by atoms with E-state index in [1.807, 2.05) is 12.2 Å². The first-order valence-electron chi connectivity index (χ1n) is 8.24. The van der Waals surface area contributed by atoms with Gasteiger partial charge in [0.1, 0.15) is 0 Å². The summed E-state index contributed by atoms with van der Waals surface area (Å²) in [6.45, 7) is 16.7. The van der Waals surface area contributed by atoms with Crippen molar-refractivity contribution in [1.29, 1.82) is 0 Å². The smallest absolute Gasteiger partial charge is 0.223 e. The van der Waals surface area contributed by atoms with E-state index in [-0.39, 0.29) is 11.8 Å². The van der Waals surface area contributed by atoms with Crippen LogP contribution in [0.2, 0.25) is 0 Å². The lowest BCUT2D eigenvalue weighted by molar-refractivity contribution is -0.130. The van der Waals surface area contributed by atoms with Gasteiger partial charge < -0.3 is 9.80 Å². The van der Waals surface area contributed by atoms with E-state index in [1.54, 1.807) is 34.1 Å². The summed E-state index contributed by atoms with van der Waals surface area (Å²) in [5.41, 5.74) is 0. The molecule has 0 aliphatic heterocycles. The van der Waals surface area contributed by atoms with Gasteiger partial charge in [-0.1, -0.05) is 36.5 Å². The van der Waals surface area contributed by atoms with Gasteiger partial charge in [-0.15, -0.1) is 26.3 Å². The average molecular weight is 330 g/mol. The highest BCUT2D eigenvalue weighted by Crippen LogP contribution is 2.03. The topological polar surface area (TPSA) is 40.6 Å². The van der Waals surface area contributed by atoms with Crippen molar-refractivity contribution in [3.63, 3.8) is 0 Å². The Kier molecular flexibility index (Phi) is 12.8. The zero-order valence-corrected chi connectivity index (χ0v) is 14.7. The molecule has 0 saturated carbocycles. The fourth-order valence-electron chi connectivity index (χ4n) is 2.15. The Labute approximate surface area is 146 Å². The zero-order valence-electron chi connectivity index (χ0n) is 14.7. The lowest BCUT2D eigenvalue weighted by atomic mass is 10.2. The molecule has 0 N–H and O–H groups in total. The maximum atomic E-state index is 12.0. The Bertz CT molecular complexity index is 404. The van der Waals surface area contributed by atoms with Crippen molar-refractivity contribution < 1.29 is 9.59 Å². The van der Waals surface area contributed by atoms with Crippen molar-refractivity contribution in [2.24, 2.45) is 0 Å². The molecule has 4 nitrogen and oxygen atoms in total. The summed E-state index contributed by atoms with van der Waals surface area (Å²) in [7, 11) is 0. The number of allylic oxidation sites excluding steroid dienone is 2. The van der Waals surface area contributed by atoms with Crippen molar-refractivity contribution in [2.75, 3.05) is 26.2 Å². The molecule has 0 radical (unpaired) electrons. The minimum atomic E-state index is 0.0821. The lowest BCUT2D eigenvalue weighted by Gasteiger charge is -2.19. The highest BCUT2D eigenvalue weighted by Gasteiger charge is 2.10. The summed E-state index contributed by atoms with van der Waals surface area (Å²) in [5.74, 6) is 0.164. The van der Waals surface area contributed by atoms with Gasteiger partial charge >= 0.3 is 0 Å². The van der Waals surface area contributed by atoms with Gasteiger partial charge in [-0.25, -0.2) is 0 Å². The molecule has 132 valence electrons. The first kappa shape index (κ1) is 21.6. The Morgan fingerprint density at radius 3 is 1.17 bits per heavy atom. The van der Waals surface area contributed by atoms with Gasteiger partial charge in [-0.2, -0.15) is 0 Å². The molecule has 0 unspecified atom stereocenters. The van der Waals surface area contributed by atoms with Crippen LogP contribution in [0.3, 0.4) is 0 Å². The zero-order chi connectivity index (χ0) is 18.2. The fraction of sp³-hybridized carbons (Fsp3) is 0.400. The molecular weight excluding hydrogens is 300 g/mol. The van der Waals surface area contributed by atoms with Crippen LogP contribution in [0.4, 0.5) is 0 Å². The van der Waals surface area contributed by atoms with E-state index in [0.29, 0.717) is 51.9 Å². The first-order chi connectivity index (χ1) is 11.6. The summed E-state index contributed by atoms with van der Waals surface area (Å²) in [4.78, 5) is 27.4. The summed E-state index contributed by atoms with van der Waals surface area (Å²) in [5, 5.41) is 0. The maximum Gasteiger partial charge on any atom is 0.223 e. The van der Waals surface area contributed by atoms with Crippen molar-refractivity contribution in [3.8, 4) is 0 Å². The van der Waals surface area contributed by atoms with E-state index in [2.05, 4.69) is 26.3 Å². The van der Waals surface area contributed by atoms with Crippen LogP contribution >= 0.6 is 0 Å². The van der Waals surface area contributed by atoms with Crippen LogP contribution in [0.15, 0.2) is 62.8 Å². The molecule has 0 aliphatic carbocycles. The molecule has 0 atom stereocenters. The van der Waals surface area contributed by atoms with Crippen LogP contribution in [0.25, 0.3) is 0 Å². The monoisotopic (exact) mass is 330 g/mol. The van der Waals surface area contributed by atoms with Gasteiger partial charge in [-0.05, 0) is 12.8 Å². The Hall–Kier alpha value is -2.36. The normalized spacial score (nSPS) is 10.2. The number of hydrogen-bond donors (Lipinski definition) is 0. The van der Waals surface area contributed by atoms with Crippen LogP contribution in [-0.2, 0) is 9.59 Å². The van der Waals surface area contributed by atoms with E-state index >= 15 is 0 Å². The van der Waals surface area contributed by atoms with Crippen molar-refractivity contribution >= 4 is 11.8 Å². The number of rotatable bonds is 14. The molecule has 0 saturated heterocycles. The van der Waals surface area contributed by atoms with E-state index < -0.39 is 0 Å². The number of carbonyl (C=O) groups excluding carboxylic acids is 2. The van der Waals surface area contributed by atoms with Crippen molar-refractivity contribution in [1.82, 2.24) is 9.80 Å². The maximum absolute atomic E-state index is 12.0. The van der Waals surface area contributed by atoms with Gasteiger partial charge in [0.25, 0.3) is 0 Å². The largest absolute Gasteiger partial charge is 0.335 e. The highest BCUT2D eigenvalue weighted by atomic mass is 16.2. The second-order valence-corrected chi connectivity index (χ2v) is 5.30. The molecule has 24 heavy (non-hydrogen) atoms. The standard InChI is InChI=1S/C20H30N2O2/c1-5-15-21(16-6-2)19(23)13-11-9-10-12-14-20(24)22(17-7-3)18-8-4/h5-10H,1-4,11-18H2. The minimum absolute atomic E-state index is 0.0821. The molecule has 0 aromatic rings. The van der Waals surface area contributed by atoms with Gasteiger partial charge in [0.15, 0.2) is 0 Å². The molecule has 0 bridgehead atoms. The molecule has 2 amide bonds. The van der Waals surface area contributed by atoms with Crippen LogP contribution in [0, 0.1) is 0 Å². The van der Waals surface area contributed by atoms with Crippen LogP contribution in [0.5, 0.6) is 0 Å². The predicted molar refractivity (Wildman–Crippen MR) is 102 cm³/mol. The number of carbonyl (C=O) groups is 2. The van der Waals surface area contributed by atoms with Crippen LogP contribution in [-0.4, -0.2) is 47.8 Å². The van der Waals surface area contributed by atoms with Crippen molar-refractivity contribution in [2.45, 2.75) is 25.7 Å². The third-order valence-corrected chi connectivity index (χ3v) is 3.32. The van der Waals surface area contributed by atoms with Gasteiger partial charge in [0.05, 0.1) is 0 Å². The van der Waals surface area contributed by atoms with Gasteiger partial charge in [-0.3, -0.25) is 9.59 Å². The third kappa shape index (κ3) is 9.62. The summed E-state index contributed by atoms with van der Waals surface area (Å²) in [6, 6.07) is 0. The molecule has 0 aliphatic rings. The average Bonchev–Trinajstić information content (AvgIpc) is 2.57. The Morgan fingerprint density at radius 2 is 0.917 bits per heavy atom. The Morgan fingerprint density at radius 1 is 0.625 bits per heavy atom. The number of hydrogen-bond acceptors (Lipinski definition) is 2. The molecule has 0 aromatic carbocycles. The summed E-state index contributed by atoms with van der Waals surface area (Å²) in [6.07, 6.45) is 13.0. The van der Waals surface area contributed by atoms with E-state index in [1.165, 1.54) is 0 Å². The molecule has 0 spiro atoms. The van der Waals surface area contributed by atoms with Crippen molar-refractivity contribution in [3.05, 3.63) is 62.8 Å². The lowest BCUT2D eigenvalue weighted by Crippen LogP contribution is -2.31. The first-order valence-corrected chi connectivity index (χ1v) is 8.24. The SMILES string of the molecule is C=CCN(CC=C)C(=O)CCC=CCCC(=O)N(CC=C)CC=C. The van der Waals surface area contributed by atoms with E-state index in [4.69, 9.17) is 0 Å². The van der Waals surface area contributed by atoms with Gasteiger partial charge in [0.2, 0.25) is 11.8 Å². The summed E-state index contributed by atoms with van der Waals surface area (Å²) < 4.78 is 0. The van der Waals surface area contributed by atoms with E-state index in [9.17, 15) is 9.59 Å². The number of nitrogens with zero attached hydrogens (tertiary/aromatic N) is 2. The third-order valence-electron chi connectivity index (χ3n) is 3.32. The summed E-state index contributed by atoms with van der Waals surface area (Å²) >= 11 is 0. The number of amides is 2. The van der Waals surface area contributed by atoms with E-state index in [0.717, 1.165) is 0 Å². The molecular formula is C20H30N2O2. The molecule has 0 fully saturated rings. The highest BCUT2D eigenvalue weighted by molar-refractivity contribution is 5.77. The second-order valence-electron chi connectivity index (χ2n) is 5.30. The molecule has 0 rings (SSSR count). The molecule has 0 heterocycles. The minimum Gasteiger partial charge on any atom is -0.335 e.